The van der Waals surface area contributed by atoms with Crippen molar-refractivity contribution in [3.63, 3.8) is 0 Å². The van der Waals surface area contributed by atoms with Crippen LogP contribution in [0.15, 0.2) is 53.7 Å². The number of ether oxygens (including phenoxy) is 1. The minimum atomic E-state index is -0.757. The molecule has 0 unspecified atom stereocenters. The van der Waals surface area contributed by atoms with Gasteiger partial charge in [0.05, 0.1) is 12.8 Å². The van der Waals surface area contributed by atoms with Crippen LogP contribution in [0.2, 0.25) is 0 Å². The number of nitrogens with zero attached hydrogens (tertiary/aromatic N) is 3. The molecule has 0 saturated carbocycles. The zero-order chi connectivity index (χ0) is 14.8. The molecule has 0 spiro atoms. The summed E-state index contributed by atoms with van der Waals surface area (Å²) in [6.45, 7) is 0. The zero-order valence-electron chi connectivity index (χ0n) is 11.2. The molecule has 0 N–H and O–H groups in total. The third-order valence-corrected chi connectivity index (χ3v) is 3.09. The molecular formula is C15H11N3O3. The van der Waals surface area contributed by atoms with Gasteiger partial charge in [0.25, 0.3) is 0 Å². The first kappa shape index (κ1) is 13.0. The fourth-order valence-electron chi connectivity index (χ4n) is 2.08. The Morgan fingerprint density at radius 1 is 1.24 bits per heavy atom. The molecular weight excluding hydrogens is 270 g/mol. The fourth-order valence-corrected chi connectivity index (χ4v) is 2.08. The van der Waals surface area contributed by atoms with Gasteiger partial charge in [-0.2, -0.15) is 5.10 Å². The van der Waals surface area contributed by atoms with Gasteiger partial charge in [0.2, 0.25) is 11.1 Å². The number of esters is 1. The SMILES string of the molecule is COC(=O)c1nn(-c2cccc3ccncc23)ccc1=O. The topological polar surface area (TPSA) is 74.1 Å². The Hall–Kier alpha value is -3.02. The van der Waals surface area contributed by atoms with Crippen molar-refractivity contribution in [1.82, 2.24) is 14.8 Å². The van der Waals surface area contributed by atoms with Crippen LogP contribution in [0, 0.1) is 0 Å². The van der Waals surface area contributed by atoms with Crippen molar-refractivity contribution in [2.45, 2.75) is 0 Å². The number of methoxy groups -OCH3 is 1. The summed E-state index contributed by atoms with van der Waals surface area (Å²) < 4.78 is 6.04. The molecule has 0 fully saturated rings. The number of benzene rings is 1. The van der Waals surface area contributed by atoms with E-state index in [4.69, 9.17) is 0 Å². The van der Waals surface area contributed by atoms with Gasteiger partial charge in [0.15, 0.2) is 0 Å². The Morgan fingerprint density at radius 2 is 2.10 bits per heavy atom. The second-order valence-corrected chi connectivity index (χ2v) is 4.34. The van der Waals surface area contributed by atoms with Crippen molar-refractivity contribution in [3.05, 3.63) is 64.8 Å². The van der Waals surface area contributed by atoms with E-state index >= 15 is 0 Å². The van der Waals surface area contributed by atoms with Gasteiger partial charge in [-0.05, 0) is 17.5 Å². The third-order valence-electron chi connectivity index (χ3n) is 3.09. The number of pyridine rings is 1. The van der Waals surface area contributed by atoms with Crippen LogP contribution in [0.5, 0.6) is 0 Å². The van der Waals surface area contributed by atoms with E-state index in [0.29, 0.717) is 0 Å². The number of rotatable bonds is 2. The number of hydrogen-bond acceptors (Lipinski definition) is 5. The normalized spacial score (nSPS) is 10.5. The van der Waals surface area contributed by atoms with Gasteiger partial charge in [-0.15, -0.1) is 0 Å². The zero-order valence-corrected chi connectivity index (χ0v) is 11.2. The summed E-state index contributed by atoms with van der Waals surface area (Å²) in [5.41, 5.74) is 0.00288. The van der Waals surface area contributed by atoms with Gasteiger partial charge in [-0.25, -0.2) is 9.48 Å². The molecule has 21 heavy (non-hydrogen) atoms. The number of carbonyl (C=O) groups excluding carboxylic acids is 1. The van der Waals surface area contributed by atoms with Crippen LogP contribution in [-0.4, -0.2) is 27.8 Å². The van der Waals surface area contributed by atoms with E-state index < -0.39 is 11.4 Å². The second kappa shape index (κ2) is 5.16. The van der Waals surface area contributed by atoms with Gasteiger partial charge in [0.1, 0.15) is 0 Å². The molecule has 0 atom stereocenters. The van der Waals surface area contributed by atoms with Crippen LogP contribution in [0.4, 0.5) is 0 Å². The van der Waals surface area contributed by atoms with Gasteiger partial charge in [-0.1, -0.05) is 12.1 Å². The Morgan fingerprint density at radius 3 is 2.90 bits per heavy atom. The quantitative estimate of drug-likeness (QED) is 0.666. The molecule has 0 aliphatic carbocycles. The summed E-state index contributed by atoms with van der Waals surface area (Å²) in [5, 5.41) is 5.92. The maximum absolute atomic E-state index is 11.7. The summed E-state index contributed by atoms with van der Waals surface area (Å²) in [6.07, 6.45) is 4.92. The number of carbonyl (C=O) groups is 1. The lowest BCUT2D eigenvalue weighted by Crippen LogP contribution is -2.21. The molecule has 0 aliphatic heterocycles. The highest BCUT2D eigenvalue weighted by Crippen LogP contribution is 2.20. The van der Waals surface area contributed by atoms with Crippen LogP contribution >= 0.6 is 0 Å². The third kappa shape index (κ3) is 2.27. The molecule has 0 amide bonds. The largest absolute Gasteiger partial charge is 0.464 e. The number of fused-ring (bicyclic) bond motifs is 1. The summed E-state index contributed by atoms with van der Waals surface area (Å²) >= 11 is 0. The minimum absolute atomic E-state index is 0.249. The fraction of sp³-hybridized carbons (Fsp3) is 0.0667. The van der Waals surface area contributed by atoms with E-state index in [0.717, 1.165) is 16.5 Å². The first-order valence-corrected chi connectivity index (χ1v) is 6.22. The summed E-state index contributed by atoms with van der Waals surface area (Å²) in [4.78, 5) is 27.3. The van der Waals surface area contributed by atoms with Crippen molar-refractivity contribution in [1.29, 1.82) is 0 Å². The lowest BCUT2D eigenvalue weighted by Gasteiger charge is -2.09. The molecule has 0 saturated heterocycles. The molecule has 3 aromatic rings. The first-order valence-electron chi connectivity index (χ1n) is 6.22. The molecule has 6 nitrogen and oxygen atoms in total. The molecule has 2 heterocycles. The van der Waals surface area contributed by atoms with E-state index in [1.165, 1.54) is 24.1 Å². The van der Waals surface area contributed by atoms with Crippen molar-refractivity contribution in [3.8, 4) is 5.69 Å². The minimum Gasteiger partial charge on any atom is -0.464 e. The van der Waals surface area contributed by atoms with Crippen LogP contribution in [0.3, 0.4) is 0 Å². The molecule has 0 aliphatic rings. The van der Waals surface area contributed by atoms with Crippen LogP contribution in [-0.2, 0) is 4.74 Å². The van der Waals surface area contributed by atoms with Gasteiger partial charge in [-0.3, -0.25) is 9.78 Å². The van der Waals surface area contributed by atoms with E-state index in [1.807, 2.05) is 24.3 Å². The molecule has 104 valence electrons. The smallest absolute Gasteiger partial charge is 0.362 e. The first-order chi connectivity index (χ1) is 10.2. The standard InChI is InChI=1S/C15H11N3O3/c1-21-15(20)14-13(19)6-8-18(17-14)12-4-2-3-10-5-7-16-9-11(10)12/h2-9H,1H3. The molecule has 3 rings (SSSR count). The van der Waals surface area contributed by atoms with Crippen molar-refractivity contribution in [2.75, 3.05) is 7.11 Å². The van der Waals surface area contributed by atoms with Crippen molar-refractivity contribution in [2.24, 2.45) is 0 Å². The predicted octanol–water partition coefficient (Wildman–Crippen LogP) is 1.57. The van der Waals surface area contributed by atoms with Crippen molar-refractivity contribution >= 4 is 16.7 Å². The number of hydrogen-bond donors (Lipinski definition) is 0. The monoisotopic (exact) mass is 281 g/mol. The Bertz CT molecular complexity index is 881. The molecule has 6 heteroatoms. The van der Waals surface area contributed by atoms with E-state index in [1.54, 1.807) is 12.4 Å². The predicted molar refractivity (Wildman–Crippen MR) is 76.5 cm³/mol. The maximum atomic E-state index is 11.7. The van der Waals surface area contributed by atoms with Gasteiger partial charge in [0, 0.05) is 30.0 Å². The highest BCUT2D eigenvalue weighted by molar-refractivity contribution is 5.89. The van der Waals surface area contributed by atoms with Gasteiger partial charge < -0.3 is 4.74 Å². The summed E-state index contributed by atoms with van der Waals surface area (Å²) in [7, 11) is 1.21. The average molecular weight is 281 g/mol. The second-order valence-electron chi connectivity index (χ2n) is 4.34. The number of aromatic nitrogens is 3. The molecule has 1 aromatic carbocycles. The highest BCUT2D eigenvalue weighted by Gasteiger charge is 2.14. The molecule has 2 aromatic heterocycles. The van der Waals surface area contributed by atoms with E-state index in [2.05, 4.69) is 14.8 Å². The lowest BCUT2D eigenvalue weighted by atomic mass is 10.1. The average Bonchev–Trinajstić information content (AvgIpc) is 2.54. The maximum Gasteiger partial charge on any atom is 0.362 e. The van der Waals surface area contributed by atoms with E-state index in [-0.39, 0.29) is 5.69 Å². The molecule has 0 bridgehead atoms. The Balaban J connectivity index is 2.24. The highest BCUT2D eigenvalue weighted by atomic mass is 16.5. The lowest BCUT2D eigenvalue weighted by molar-refractivity contribution is 0.0590. The van der Waals surface area contributed by atoms with Crippen molar-refractivity contribution < 1.29 is 9.53 Å². The summed E-state index contributed by atoms with van der Waals surface area (Å²) in [6, 6.07) is 8.82. The van der Waals surface area contributed by atoms with Crippen LogP contribution < -0.4 is 5.43 Å². The van der Waals surface area contributed by atoms with Gasteiger partial charge >= 0.3 is 5.97 Å². The molecule has 0 radical (unpaired) electrons. The van der Waals surface area contributed by atoms with Crippen LogP contribution in [0.25, 0.3) is 16.5 Å². The Labute approximate surface area is 119 Å². The van der Waals surface area contributed by atoms with Crippen LogP contribution in [0.1, 0.15) is 10.5 Å². The van der Waals surface area contributed by atoms with E-state index in [9.17, 15) is 9.59 Å². The summed E-state index contributed by atoms with van der Waals surface area (Å²) in [5.74, 6) is -0.757. The Kier molecular flexibility index (Phi) is 3.19.